The lowest BCUT2D eigenvalue weighted by molar-refractivity contribution is -0.383. The first kappa shape index (κ1) is 17.1. The van der Waals surface area contributed by atoms with Gasteiger partial charge in [-0.3, -0.25) is 14.9 Å². The molecule has 7 nitrogen and oxygen atoms in total. The summed E-state index contributed by atoms with van der Waals surface area (Å²) < 4.78 is 11.2. The molecule has 8 heteroatoms. The zero-order chi connectivity index (χ0) is 17.6. The maximum Gasteiger partial charge on any atom is 0.292 e. The van der Waals surface area contributed by atoms with E-state index >= 15 is 0 Å². The summed E-state index contributed by atoms with van der Waals surface area (Å²) in [5.41, 5.74) is 0.0631. The Hall–Kier alpha value is -2.74. The molecule has 0 aliphatic carbocycles. The lowest BCUT2D eigenvalue weighted by Crippen LogP contribution is -2.15. The van der Waals surface area contributed by atoms with Crippen LogP contribution < -0.4 is 14.8 Å². The number of nitrogens with zero attached hydrogens (tertiary/aromatic N) is 1. The number of anilines is 1. The van der Waals surface area contributed by atoms with Gasteiger partial charge in [-0.15, -0.1) is 11.8 Å². The van der Waals surface area contributed by atoms with Crippen molar-refractivity contribution in [1.29, 1.82) is 0 Å². The van der Waals surface area contributed by atoms with Crippen molar-refractivity contribution in [1.82, 2.24) is 0 Å². The van der Waals surface area contributed by atoms with Gasteiger partial charge >= 0.3 is 0 Å². The van der Waals surface area contributed by atoms with Crippen LogP contribution in [0, 0.1) is 10.1 Å². The predicted octanol–water partition coefficient (Wildman–Crippen LogP) is 3.49. The monoisotopic (exact) mass is 360 g/mol. The van der Waals surface area contributed by atoms with Crippen molar-refractivity contribution in [3.63, 3.8) is 0 Å². The molecule has 0 radical (unpaired) electrons. The average Bonchev–Trinajstić information content (AvgIpc) is 2.85. The van der Waals surface area contributed by atoms with Gasteiger partial charge in [0.05, 0.1) is 23.9 Å². The average molecular weight is 360 g/mol. The molecule has 1 N–H and O–H groups in total. The fourth-order valence-electron chi connectivity index (χ4n) is 2.31. The largest absolute Gasteiger partial charge is 0.490 e. The first-order chi connectivity index (χ1) is 12.1. The van der Waals surface area contributed by atoms with Crippen molar-refractivity contribution in [2.45, 2.75) is 11.3 Å². The standard InChI is InChI=1S/C17H16N2O5S/c20-17(18-13-4-1-2-5-14(13)19(21)22)11-25-12-6-7-15-16(10-12)24-9-3-8-23-15/h1-2,4-7,10H,3,8-9,11H2,(H,18,20). The first-order valence-corrected chi connectivity index (χ1v) is 8.68. The SMILES string of the molecule is O=C(CSc1ccc2c(c1)OCCCO2)Nc1ccccc1[N+](=O)[O-]. The van der Waals surface area contributed by atoms with Crippen LogP contribution in [0.5, 0.6) is 11.5 Å². The summed E-state index contributed by atoms with van der Waals surface area (Å²) in [6.07, 6.45) is 0.829. The van der Waals surface area contributed by atoms with Crippen molar-refractivity contribution >= 4 is 29.0 Å². The van der Waals surface area contributed by atoms with Crippen LogP contribution >= 0.6 is 11.8 Å². The van der Waals surface area contributed by atoms with E-state index < -0.39 is 4.92 Å². The number of benzene rings is 2. The van der Waals surface area contributed by atoms with Crippen molar-refractivity contribution in [3.05, 3.63) is 52.6 Å². The van der Waals surface area contributed by atoms with Crippen molar-refractivity contribution in [2.75, 3.05) is 24.3 Å². The number of thioether (sulfide) groups is 1. The molecule has 0 bridgehead atoms. The highest BCUT2D eigenvalue weighted by atomic mass is 32.2. The van der Waals surface area contributed by atoms with Crippen molar-refractivity contribution in [3.8, 4) is 11.5 Å². The van der Waals surface area contributed by atoms with Crippen LogP contribution in [0.3, 0.4) is 0 Å². The van der Waals surface area contributed by atoms with Gasteiger partial charge in [0.1, 0.15) is 5.69 Å². The Morgan fingerprint density at radius 3 is 2.72 bits per heavy atom. The van der Waals surface area contributed by atoms with Crippen LogP contribution in [0.4, 0.5) is 11.4 Å². The summed E-state index contributed by atoms with van der Waals surface area (Å²) in [5.74, 6) is 1.19. The minimum Gasteiger partial charge on any atom is -0.490 e. The third-order valence-corrected chi connectivity index (χ3v) is 4.46. The normalized spacial score (nSPS) is 13.0. The molecule has 0 saturated carbocycles. The molecule has 0 atom stereocenters. The highest BCUT2D eigenvalue weighted by molar-refractivity contribution is 8.00. The minimum absolute atomic E-state index is 0.128. The molecule has 1 aliphatic rings. The molecule has 2 aromatic carbocycles. The number of carbonyl (C=O) groups excluding carboxylic acids is 1. The van der Waals surface area contributed by atoms with Crippen LogP contribution in [-0.2, 0) is 4.79 Å². The number of rotatable bonds is 5. The van der Waals surface area contributed by atoms with E-state index in [1.54, 1.807) is 12.1 Å². The first-order valence-electron chi connectivity index (χ1n) is 7.69. The Balaban J connectivity index is 1.61. The Morgan fingerprint density at radius 1 is 1.16 bits per heavy atom. The molecule has 130 valence electrons. The number of fused-ring (bicyclic) bond motifs is 1. The number of hydrogen-bond donors (Lipinski definition) is 1. The number of nitro benzene ring substituents is 1. The van der Waals surface area contributed by atoms with Crippen LogP contribution in [-0.4, -0.2) is 29.8 Å². The number of carbonyl (C=O) groups is 1. The number of amides is 1. The second-order valence-corrected chi connectivity index (χ2v) is 6.32. The second kappa shape index (κ2) is 7.89. The molecule has 3 rings (SSSR count). The summed E-state index contributed by atoms with van der Waals surface area (Å²) >= 11 is 1.32. The Kier molecular flexibility index (Phi) is 5.39. The summed E-state index contributed by atoms with van der Waals surface area (Å²) in [4.78, 5) is 23.4. The van der Waals surface area contributed by atoms with Crippen molar-refractivity contribution in [2.24, 2.45) is 0 Å². The van der Waals surface area contributed by atoms with E-state index in [0.717, 1.165) is 11.3 Å². The lowest BCUT2D eigenvalue weighted by Gasteiger charge is -2.09. The molecular formula is C17H16N2O5S. The molecule has 0 fully saturated rings. The molecule has 0 spiro atoms. The third kappa shape index (κ3) is 4.42. The van der Waals surface area contributed by atoms with Crippen LogP contribution in [0.15, 0.2) is 47.4 Å². The Labute approximate surface area is 148 Å². The van der Waals surface area contributed by atoms with Crippen LogP contribution in [0.25, 0.3) is 0 Å². The van der Waals surface area contributed by atoms with E-state index in [1.165, 1.54) is 23.9 Å². The Bertz CT molecular complexity index is 796. The molecule has 1 heterocycles. The van der Waals surface area contributed by atoms with Gasteiger partial charge in [-0.05, 0) is 24.3 Å². The molecule has 1 amide bonds. The van der Waals surface area contributed by atoms with E-state index in [2.05, 4.69) is 5.32 Å². The lowest BCUT2D eigenvalue weighted by atomic mass is 10.2. The third-order valence-electron chi connectivity index (χ3n) is 3.46. The maximum absolute atomic E-state index is 12.1. The van der Waals surface area contributed by atoms with Crippen LogP contribution in [0.1, 0.15) is 6.42 Å². The number of nitrogens with one attached hydrogen (secondary N) is 1. The summed E-state index contributed by atoms with van der Waals surface area (Å²) in [5, 5.41) is 13.5. The van der Waals surface area contributed by atoms with Gasteiger partial charge in [0.25, 0.3) is 5.69 Å². The number of ether oxygens (including phenoxy) is 2. The number of nitro groups is 1. The van der Waals surface area contributed by atoms with Gasteiger partial charge in [-0.25, -0.2) is 0 Å². The fourth-order valence-corrected chi connectivity index (χ4v) is 3.03. The minimum atomic E-state index is -0.521. The zero-order valence-corrected chi connectivity index (χ0v) is 14.1. The van der Waals surface area contributed by atoms with E-state index in [9.17, 15) is 14.9 Å². The molecule has 0 saturated heterocycles. The van der Waals surface area contributed by atoms with E-state index in [4.69, 9.17) is 9.47 Å². The molecule has 1 aliphatic heterocycles. The van der Waals surface area contributed by atoms with Gasteiger partial charge in [0.15, 0.2) is 11.5 Å². The molecule has 25 heavy (non-hydrogen) atoms. The van der Waals surface area contributed by atoms with Gasteiger partial charge in [0.2, 0.25) is 5.91 Å². The van der Waals surface area contributed by atoms with Gasteiger partial charge in [-0.1, -0.05) is 12.1 Å². The van der Waals surface area contributed by atoms with E-state index in [1.807, 2.05) is 18.2 Å². The zero-order valence-electron chi connectivity index (χ0n) is 13.3. The molecule has 2 aromatic rings. The highest BCUT2D eigenvalue weighted by Crippen LogP contribution is 2.34. The highest BCUT2D eigenvalue weighted by Gasteiger charge is 2.15. The van der Waals surface area contributed by atoms with E-state index in [0.29, 0.717) is 24.7 Å². The fraction of sp³-hybridized carbons (Fsp3) is 0.235. The van der Waals surface area contributed by atoms with Gasteiger partial charge in [-0.2, -0.15) is 0 Å². The molecule has 0 unspecified atom stereocenters. The maximum atomic E-state index is 12.1. The quantitative estimate of drug-likeness (QED) is 0.499. The van der Waals surface area contributed by atoms with E-state index in [-0.39, 0.29) is 23.0 Å². The van der Waals surface area contributed by atoms with Crippen LogP contribution in [0.2, 0.25) is 0 Å². The topological polar surface area (TPSA) is 90.7 Å². The molecular weight excluding hydrogens is 344 g/mol. The molecule has 0 aromatic heterocycles. The number of para-hydroxylation sites is 2. The predicted molar refractivity (Wildman–Crippen MR) is 94.5 cm³/mol. The summed E-state index contributed by atoms with van der Waals surface area (Å²) in [6.45, 7) is 1.22. The summed E-state index contributed by atoms with van der Waals surface area (Å²) in [6, 6.07) is 11.6. The number of hydrogen-bond acceptors (Lipinski definition) is 6. The van der Waals surface area contributed by atoms with Gasteiger partial charge in [0, 0.05) is 17.4 Å². The second-order valence-electron chi connectivity index (χ2n) is 5.27. The summed E-state index contributed by atoms with van der Waals surface area (Å²) in [7, 11) is 0. The smallest absolute Gasteiger partial charge is 0.292 e. The van der Waals surface area contributed by atoms with Crippen molar-refractivity contribution < 1.29 is 19.2 Å². The van der Waals surface area contributed by atoms with Gasteiger partial charge < -0.3 is 14.8 Å². The Morgan fingerprint density at radius 2 is 1.92 bits per heavy atom.